The number of rotatable bonds is 5. The summed E-state index contributed by atoms with van der Waals surface area (Å²) in [7, 11) is 3.95. The minimum Gasteiger partial charge on any atom is -0.378 e. The Kier molecular flexibility index (Phi) is 5.68. The van der Waals surface area contributed by atoms with Crippen molar-refractivity contribution < 1.29 is 9.59 Å². The first kappa shape index (κ1) is 17.2. The van der Waals surface area contributed by atoms with Crippen LogP contribution in [0.15, 0.2) is 53.6 Å². The van der Waals surface area contributed by atoms with Crippen LogP contribution in [0.4, 0.5) is 11.4 Å². The monoisotopic (exact) mass is 324 g/mol. The summed E-state index contributed by atoms with van der Waals surface area (Å²) < 4.78 is 0. The van der Waals surface area contributed by atoms with Gasteiger partial charge in [-0.25, -0.2) is 5.43 Å². The summed E-state index contributed by atoms with van der Waals surface area (Å²) >= 11 is 0. The first-order chi connectivity index (χ1) is 11.5. The molecule has 0 heterocycles. The van der Waals surface area contributed by atoms with Crippen molar-refractivity contribution in [2.75, 3.05) is 24.3 Å². The Hall–Kier alpha value is -3.15. The lowest BCUT2D eigenvalue weighted by Gasteiger charge is -2.11. The van der Waals surface area contributed by atoms with Gasteiger partial charge >= 0.3 is 0 Å². The number of hydrogen-bond acceptors (Lipinski definition) is 4. The molecule has 0 fully saturated rings. The van der Waals surface area contributed by atoms with Crippen LogP contribution in [0.5, 0.6) is 0 Å². The van der Waals surface area contributed by atoms with E-state index in [0.29, 0.717) is 11.3 Å². The summed E-state index contributed by atoms with van der Waals surface area (Å²) in [5.74, 6) is -0.470. The van der Waals surface area contributed by atoms with Crippen LogP contribution in [0.2, 0.25) is 0 Å². The van der Waals surface area contributed by atoms with Gasteiger partial charge in [-0.1, -0.05) is 12.1 Å². The molecule has 0 saturated heterocycles. The Balaban J connectivity index is 1.93. The van der Waals surface area contributed by atoms with Crippen LogP contribution >= 0.6 is 0 Å². The Morgan fingerprint density at radius 2 is 1.62 bits per heavy atom. The van der Waals surface area contributed by atoms with E-state index >= 15 is 0 Å². The van der Waals surface area contributed by atoms with E-state index in [1.807, 2.05) is 43.3 Å². The van der Waals surface area contributed by atoms with Crippen molar-refractivity contribution in [2.45, 2.75) is 6.92 Å². The minimum atomic E-state index is -0.314. The number of hydrazone groups is 1. The third-order valence-corrected chi connectivity index (χ3v) is 3.26. The predicted octanol–water partition coefficient (Wildman–Crippen LogP) is 2.47. The summed E-state index contributed by atoms with van der Waals surface area (Å²) in [5.41, 5.74) is 5.57. The van der Waals surface area contributed by atoms with E-state index in [9.17, 15) is 9.59 Å². The van der Waals surface area contributed by atoms with Crippen LogP contribution in [0.25, 0.3) is 0 Å². The average molecular weight is 324 g/mol. The van der Waals surface area contributed by atoms with E-state index in [1.165, 1.54) is 6.92 Å². The van der Waals surface area contributed by atoms with Gasteiger partial charge in [0.2, 0.25) is 5.91 Å². The molecule has 2 aromatic rings. The SMILES string of the molecule is CC(=O)Nc1ccc(C(=O)N/N=C/c2ccc(N(C)C)cc2)cc1. The van der Waals surface area contributed by atoms with Crippen LogP contribution in [-0.2, 0) is 4.79 Å². The molecule has 0 aromatic heterocycles. The Morgan fingerprint density at radius 3 is 2.17 bits per heavy atom. The largest absolute Gasteiger partial charge is 0.378 e. The summed E-state index contributed by atoms with van der Waals surface area (Å²) in [5, 5.41) is 6.60. The predicted molar refractivity (Wildman–Crippen MR) is 96.6 cm³/mol. The molecular formula is C18H20N4O2. The summed E-state index contributed by atoms with van der Waals surface area (Å²) in [6, 6.07) is 14.4. The quantitative estimate of drug-likeness (QED) is 0.655. The van der Waals surface area contributed by atoms with Gasteiger partial charge in [0.15, 0.2) is 0 Å². The standard InChI is InChI=1S/C18H20N4O2/c1-13(23)20-16-8-6-15(7-9-16)18(24)21-19-12-14-4-10-17(11-5-14)22(2)3/h4-12H,1-3H3,(H,20,23)(H,21,24)/b19-12+. The Morgan fingerprint density at radius 1 is 1.00 bits per heavy atom. The molecule has 124 valence electrons. The number of amides is 2. The zero-order chi connectivity index (χ0) is 17.5. The van der Waals surface area contributed by atoms with Gasteiger partial charge in [-0.15, -0.1) is 0 Å². The van der Waals surface area contributed by atoms with E-state index in [0.717, 1.165) is 11.3 Å². The van der Waals surface area contributed by atoms with Crippen LogP contribution < -0.4 is 15.6 Å². The van der Waals surface area contributed by atoms with Gasteiger partial charge in [-0.2, -0.15) is 5.10 Å². The minimum absolute atomic E-state index is 0.155. The Bertz CT molecular complexity index is 735. The lowest BCUT2D eigenvalue weighted by Crippen LogP contribution is -2.17. The number of nitrogens with zero attached hydrogens (tertiary/aromatic N) is 2. The molecule has 0 aliphatic heterocycles. The smallest absolute Gasteiger partial charge is 0.271 e. The molecule has 0 unspecified atom stereocenters. The second kappa shape index (κ2) is 7.92. The molecule has 0 bridgehead atoms. The van der Waals surface area contributed by atoms with Crippen molar-refractivity contribution in [1.29, 1.82) is 0 Å². The molecule has 0 spiro atoms. The van der Waals surface area contributed by atoms with Crippen molar-refractivity contribution in [3.63, 3.8) is 0 Å². The lowest BCUT2D eigenvalue weighted by molar-refractivity contribution is -0.114. The van der Waals surface area contributed by atoms with E-state index in [2.05, 4.69) is 15.8 Å². The number of benzene rings is 2. The van der Waals surface area contributed by atoms with Crippen LogP contribution in [0, 0.1) is 0 Å². The highest BCUT2D eigenvalue weighted by Crippen LogP contribution is 2.11. The highest BCUT2D eigenvalue weighted by Gasteiger charge is 2.04. The van der Waals surface area contributed by atoms with Gasteiger partial charge in [-0.05, 0) is 42.0 Å². The zero-order valence-electron chi connectivity index (χ0n) is 13.9. The third kappa shape index (κ3) is 4.95. The lowest BCUT2D eigenvalue weighted by atomic mass is 10.2. The zero-order valence-corrected chi connectivity index (χ0v) is 13.9. The average Bonchev–Trinajstić information content (AvgIpc) is 2.55. The molecule has 0 radical (unpaired) electrons. The molecule has 24 heavy (non-hydrogen) atoms. The molecule has 0 aliphatic rings. The molecule has 6 nitrogen and oxygen atoms in total. The first-order valence-electron chi connectivity index (χ1n) is 7.44. The van der Waals surface area contributed by atoms with Crippen molar-refractivity contribution in [2.24, 2.45) is 5.10 Å². The molecular weight excluding hydrogens is 304 g/mol. The normalized spacial score (nSPS) is 10.5. The molecule has 0 saturated carbocycles. The van der Waals surface area contributed by atoms with Crippen molar-refractivity contribution in [3.05, 3.63) is 59.7 Å². The van der Waals surface area contributed by atoms with Crippen LogP contribution in [0.3, 0.4) is 0 Å². The van der Waals surface area contributed by atoms with Crippen LogP contribution in [-0.4, -0.2) is 32.1 Å². The Labute approximate surface area is 141 Å². The fourth-order valence-electron chi connectivity index (χ4n) is 2.00. The van der Waals surface area contributed by atoms with E-state index < -0.39 is 0 Å². The fraction of sp³-hybridized carbons (Fsp3) is 0.167. The number of nitrogens with one attached hydrogen (secondary N) is 2. The molecule has 2 aromatic carbocycles. The van der Waals surface area contributed by atoms with Crippen molar-refractivity contribution in [1.82, 2.24) is 5.43 Å². The maximum absolute atomic E-state index is 12.0. The maximum Gasteiger partial charge on any atom is 0.271 e. The highest BCUT2D eigenvalue weighted by molar-refractivity contribution is 5.96. The first-order valence-corrected chi connectivity index (χ1v) is 7.44. The van der Waals surface area contributed by atoms with E-state index in [4.69, 9.17) is 0 Å². The third-order valence-electron chi connectivity index (χ3n) is 3.26. The molecule has 0 aliphatic carbocycles. The van der Waals surface area contributed by atoms with Crippen LogP contribution in [0.1, 0.15) is 22.8 Å². The van der Waals surface area contributed by atoms with E-state index in [1.54, 1.807) is 30.5 Å². The molecule has 2 N–H and O–H groups in total. The van der Waals surface area contributed by atoms with Gasteiger partial charge in [0, 0.05) is 38.0 Å². The fourth-order valence-corrected chi connectivity index (χ4v) is 2.00. The highest BCUT2D eigenvalue weighted by atomic mass is 16.2. The molecule has 2 amide bonds. The number of carbonyl (C=O) groups excluding carboxylic acids is 2. The number of carbonyl (C=O) groups is 2. The van der Waals surface area contributed by atoms with Gasteiger partial charge in [0.1, 0.15) is 0 Å². The summed E-state index contributed by atoms with van der Waals surface area (Å²) in [6.45, 7) is 1.43. The number of hydrogen-bond donors (Lipinski definition) is 2. The topological polar surface area (TPSA) is 73.8 Å². The second-order valence-corrected chi connectivity index (χ2v) is 5.44. The molecule has 0 atom stereocenters. The van der Waals surface area contributed by atoms with Gasteiger partial charge in [0.05, 0.1) is 6.21 Å². The van der Waals surface area contributed by atoms with Gasteiger partial charge in [0.25, 0.3) is 5.91 Å². The maximum atomic E-state index is 12.0. The molecule has 6 heteroatoms. The summed E-state index contributed by atoms with van der Waals surface area (Å²) in [6.07, 6.45) is 1.59. The van der Waals surface area contributed by atoms with Crippen molar-refractivity contribution in [3.8, 4) is 0 Å². The summed E-state index contributed by atoms with van der Waals surface area (Å²) in [4.78, 5) is 25.0. The van der Waals surface area contributed by atoms with Gasteiger partial charge in [-0.3, -0.25) is 9.59 Å². The van der Waals surface area contributed by atoms with Gasteiger partial charge < -0.3 is 10.2 Å². The second-order valence-electron chi connectivity index (χ2n) is 5.44. The molecule has 2 rings (SSSR count). The van der Waals surface area contributed by atoms with Crippen molar-refractivity contribution >= 4 is 29.4 Å². The number of anilines is 2. The van der Waals surface area contributed by atoms with E-state index in [-0.39, 0.29) is 11.8 Å².